The number of benzene rings is 2. The Bertz CT molecular complexity index is 1470. The number of nitrogens with zero attached hydrogens (tertiary/aromatic N) is 5. The van der Waals surface area contributed by atoms with Gasteiger partial charge in [-0.15, -0.1) is 11.3 Å². The summed E-state index contributed by atoms with van der Waals surface area (Å²) in [5.74, 6) is 1.59. The van der Waals surface area contributed by atoms with E-state index < -0.39 is 0 Å². The number of pyridine rings is 1. The number of nitriles is 2. The van der Waals surface area contributed by atoms with Crippen LogP contribution in [-0.4, -0.2) is 42.4 Å². The van der Waals surface area contributed by atoms with Gasteiger partial charge in [0.2, 0.25) is 0 Å². The minimum absolute atomic E-state index is 0.0871. The summed E-state index contributed by atoms with van der Waals surface area (Å²) >= 11 is 8.95. The highest BCUT2D eigenvalue weighted by Crippen LogP contribution is 2.39. The molecule has 1 N–H and O–H groups in total. The first-order valence-corrected chi connectivity index (χ1v) is 13.4. The number of rotatable bonds is 9. The van der Waals surface area contributed by atoms with Crippen molar-refractivity contribution in [2.24, 2.45) is 0 Å². The lowest BCUT2D eigenvalue weighted by molar-refractivity contribution is 0.201. The minimum Gasteiger partial charge on any atom is -0.491 e. The van der Waals surface area contributed by atoms with Crippen LogP contribution in [0.1, 0.15) is 16.8 Å². The fraction of sp³-hybridized carbons (Fsp3) is 0.185. The number of aromatic nitrogens is 2. The standard InChI is InChI=1S/C27H22ClN5O2S2/c1-33(2)25-22(13-29)24(17-5-9-21(10-6-17)35-12-11-34)23(14-30)27(32-25)37-16-20-15-36-26(31-20)18-3-7-19(28)8-4-18/h3-10,15,34H,11-12,16H2,1-2H3. The van der Waals surface area contributed by atoms with Crippen molar-refractivity contribution >= 4 is 40.5 Å². The second-order valence-electron chi connectivity index (χ2n) is 8.02. The summed E-state index contributed by atoms with van der Waals surface area (Å²) in [6.07, 6.45) is 0. The number of anilines is 1. The van der Waals surface area contributed by atoms with Crippen LogP contribution in [0.25, 0.3) is 21.7 Å². The zero-order valence-electron chi connectivity index (χ0n) is 20.1. The molecule has 0 saturated heterocycles. The summed E-state index contributed by atoms with van der Waals surface area (Å²) < 4.78 is 5.45. The molecule has 4 aromatic rings. The van der Waals surface area contributed by atoms with Gasteiger partial charge in [-0.3, -0.25) is 0 Å². The number of thiazole rings is 1. The molecule has 0 aliphatic carbocycles. The van der Waals surface area contributed by atoms with Gasteiger partial charge in [-0.2, -0.15) is 10.5 Å². The smallest absolute Gasteiger partial charge is 0.148 e. The van der Waals surface area contributed by atoms with Crippen molar-refractivity contribution in [2.45, 2.75) is 10.8 Å². The lowest BCUT2D eigenvalue weighted by Crippen LogP contribution is -2.15. The van der Waals surface area contributed by atoms with E-state index in [0.717, 1.165) is 16.3 Å². The zero-order chi connectivity index (χ0) is 26.4. The quantitative estimate of drug-likeness (QED) is 0.254. The van der Waals surface area contributed by atoms with Crippen LogP contribution in [0.4, 0.5) is 5.82 Å². The zero-order valence-corrected chi connectivity index (χ0v) is 22.5. The van der Waals surface area contributed by atoms with Gasteiger partial charge >= 0.3 is 0 Å². The fourth-order valence-electron chi connectivity index (χ4n) is 3.60. The Balaban J connectivity index is 1.69. The molecule has 7 nitrogen and oxygen atoms in total. The molecule has 0 unspecified atom stereocenters. The van der Waals surface area contributed by atoms with E-state index in [-0.39, 0.29) is 13.2 Å². The third-order valence-corrected chi connectivity index (χ3v) is 7.50. The highest BCUT2D eigenvalue weighted by molar-refractivity contribution is 7.98. The normalized spacial score (nSPS) is 10.5. The van der Waals surface area contributed by atoms with Crippen LogP contribution < -0.4 is 9.64 Å². The topological polar surface area (TPSA) is 106 Å². The lowest BCUT2D eigenvalue weighted by atomic mass is 9.96. The first kappa shape index (κ1) is 26.5. The molecular weight excluding hydrogens is 526 g/mol. The van der Waals surface area contributed by atoms with Crippen LogP contribution in [0.3, 0.4) is 0 Å². The number of ether oxygens (including phenoxy) is 1. The first-order valence-electron chi connectivity index (χ1n) is 11.2. The predicted molar refractivity (Wildman–Crippen MR) is 148 cm³/mol. The Morgan fingerprint density at radius 3 is 2.30 bits per heavy atom. The SMILES string of the molecule is CN(C)c1nc(SCc2csc(-c3ccc(Cl)cc3)n2)c(C#N)c(-c2ccc(OCCO)cc2)c1C#N. The number of aliphatic hydroxyl groups excluding tert-OH is 1. The summed E-state index contributed by atoms with van der Waals surface area (Å²) in [5, 5.41) is 33.2. The molecule has 0 atom stereocenters. The highest BCUT2D eigenvalue weighted by atomic mass is 35.5. The Kier molecular flexibility index (Phi) is 8.65. The van der Waals surface area contributed by atoms with E-state index in [1.54, 1.807) is 40.5 Å². The highest BCUT2D eigenvalue weighted by Gasteiger charge is 2.23. The molecule has 0 radical (unpaired) electrons. The van der Waals surface area contributed by atoms with Gasteiger partial charge in [-0.05, 0) is 29.8 Å². The Morgan fingerprint density at radius 1 is 1.00 bits per heavy atom. The molecule has 0 aliphatic heterocycles. The van der Waals surface area contributed by atoms with Crippen molar-refractivity contribution in [1.82, 2.24) is 9.97 Å². The first-order chi connectivity index (χ1) is 17.9. The van der Waals surface area contributed by atoms with Crippen LogP contribution in [-0.2, 0) is 5.75 Å². The Morgan fingerprint density at radius 2 is 1.68 bits per heavy atom. The minimum atomic E-state index is -0.0871. The van der Waals surface area contributed by atoms with Gasteiger partial charge in [-0.1, -0.05) is 47.6 Å². The molecule has 2 heterocycles. The molecule has 4 rings (SSSR count). The largest absolute Gasteiger partial charge is 0.491 e. The number of hydrogen-bond acceptors (Lipinski definition) is 9. The molecule has 2 aromatic heterocycles. The third kappa shape index (κ3) is 6.04. The van der Waals surface area contributed by atoms with E-state index in [1.807, 2.05) is 43.7 Å². The van der Waals surface area contributed by atoms with E-state index in [0.29, 0.717) is 49.6 Å². The van der Waals surface area contributed by atoms with Crippen molar-refractivity contribution in [3.63, 3.8) is 0 Å². The molecule has 2 aromatic carbocycles. The average molecular weight is 548 g/mol. The Hall–Kier alpha value is -3.60. The van der Waals surface area contributed by atoms with Gasteiger partial charge < -0.3 is 14.7 Å². The molecule has 0 spiro atoms. The van der Waals surface area contributed by atoms with Gasteiger partial charge in [0.15, 0.2) is 0 Å². The molecule has 0 amide bonds. The van der Waals surface area contributed by atoms with Crippen LogP contribution in [0, 0.1) is 22.7 Å². The number of halogens is 1. The van der Waals surface area contributed by atoms with Crippen LogP contribution in [0.5, 0.6) is 5.75 Å². The van der Waals surface area contributed by atoms with Crippen molar-refractivity contribution in [2.75, 3.05) is 32.2 Å². The third-order valence-electron chi connectivity index (χ3n) is 5.29. The van der Waals surface area contributed by atoms with Gasteiger partial charge in [0.05, 0.1) is 17.9 Å². The van der Waals surface area contributed by atoms with Crippen LogP contribution in [0.2, 0.25) is 5.02 Å². The maximum Gasteiger partial charge on any atom is 0.148 e. The van der Waals surface area contributed by atoms with E-state index in [1.165, 1.54) is 11.8 Å². The van der Waals surface area contributed by atoms with E-state index in [4.69, 9.17) is 31.4 Å². The van der Waals surface area contributed by atoms with Gasteiger partial charge in [-0.25, -0.2) is 9.97 Å². The van der Waals surface area contributed by atoms with Gasteiger partial charge in [0.25, 0.3) is 0 Å². The maximum atomic E-state index is 10.1. The predicted octanol–water partition coefficient (Wildman–Crippen LogP) is 6.00. The van der Waals surface area contributed by atoms with Crippen molar-refractivity contribution in [3.05, 3.63) is 75.8 Å². The summed E-state index contributed by atoms with van der Waals surface area (Å²) in [6, 6.07) is 19.2. The average Bonchev–Trinajstić information content (AvgIpc) is 3.39. The lowest BCUT2D eigenvalue weighted by Gasteiger charge is -2.19. The molecule has 0 bridgehead atoms. The molecular formula is C27H22ClN5O2S2. The summed E-state index contributed by atoms with van der Waals surface area (Å²) in [5.41, 5.74) is 3.75. The van der Waals surface area contributed by atoms with E-state index in [9.17, 15) is 10.5 Å². The number of aliphatic hydroxyl groups is 1. The molecule has 37 heavy (non-hydrogen) atoms. The second kappa shape index (κ2) is 12.1. The molecule has 0 aliphatic rings. The summed E-state index contributed by atoms with van der Waals surface area (Å²) in [4.78, 5) is 11.2. The van der Waals surface area contributed by atoms with Crippen molar-refractivity contribution in [3.8, 4) is 39.6 Å². The number of thioether (sulfide) groups is 1. The van der Waals surface area contributed by atoms with E-state index in [2.05, 4.69) is 12.1 Å². The molecule has 0 fully saturated rings. The van der Waals surface area contributed by atoms with Crippen molar-refractivity contribution < 1.29 is 9.84 Å². The van der Waals surface area contributed by atoms with Crippen molar-refractivity contribution in [1.29, 1.82) is 10.5 Å². The molecule has 0 saturated carbocycles. The second-order valence-corrected chi connectivity index (χ2v) is 10.3. The summed E-state index contributed by atoms with van der Waals surface area (Å²) in [7, 11) is 3.64. The molecule has 10 heteroatoms. The maximum absolute atomic E-state index is 10.1. The Labute approximate surface area is 228 Å². The van der Waals surface area contributed by atoms with Gasteiger partial charge in [0, 0.05) is 41.4 Å². The number of hydrogen-bond donors (Lipinski definition) is 1. The molecule has 186 valence electrons. The van der Waals surface area contributed by atoms with E-state index >= 15 is 0 Å². The van der Waals surface area contributed by atoms with Crippen LogP contribution in [0.15, 0.2) is 58.9 Å². The van der Waals surface area contributed by atoms with Gasteiger partial charge in [0.1, 0.15) is 45.9 Å². The monoisotopic (exact) mass is 547 g/mol. The fourth-order valence-corrected chi connectivity index (χ4v) is 5.53. The van der Waals surface area contributed by atoms with Crippen LogP contribution >= 0.6 is 34.7 Å². The summed E-state index contributed by atoms with van der Waals surface area (Å²) in [6.45, 7) is 0.0969.